The summed E-state index contributed by atoms with van der Waals surface area (Å²) in [5.41, 5.74) is 1.02. The summed E-state index contributed by atoms with van der Waals surface area (Å²) in [6.45, 7) is 3.42. The molecule has 166 valence electrons. The quantitative estimate of drug-likeness (QED) is 0.305. The van der Waals surface area contributed by atoms with E-state index < -0.39 is 22.8 Å². The molecule has 32 heavy (non-hydrogen) atoms. The molecule has 2 aromatic rings. The first-order chi connectivity index (χ1) is 15.3. The van der Waals surface area contributed by atoms with Crippen LogP contribution in [-0.4, -0.2) is 40.5 Å². The van der Waals surface area contributed by atoms with E-state index in [1.807, 2.05) is 0 Å². The largest absolute Gasteiger partial charge is 0.497 e. The van der Waals surface area contributed by atoms with Gasteiger partial charge in [-0.15, -0.1) is 0 Å². The third kappa shape index (κ3) is 4.45. The van der Waals surface area contributed by atoms with Crippen LogP contribution in [0.3, 0.4) is 0 Å². The van der Waals surface area contributed by atoms with Gasteiger partial charge < -0.3 is 14.8 Å². The highest BCUT2D eigenvalue weighted by molar-refractivity contribution is 7.80. The zero-order valence-corrected chi connectivity index (χ0v) is 18.5. The number of amides is 1. The average Bonchev–Trinajstić information content (AvgIpc) is 2.78. The smallest absolute Gasteiger partial charge is 0.338 e. The standard InChI is InChI=1S/C22H21N3O6S/c1-4-31-21(27)18-13(2)23-22(32)24(20(26)14-8-10-17(30-3)11-9-14)19(18)15-6-5-7-16(12-15)25(28)29/h5-12,19H,4H2,1-3H3,(H,23,32). The van der Waals surface area contributed by atoms with Crippen LogP contribution in [0.25, 0.3) is 0 Å². The van der Waals surface area contributed by atoms with Crippen molar-refractivity contribution in [2.75, 3.05) is 13.7 Å². The lowest BCUT2D eigenvalue weighted by Crippen LogP contribution is -2.51. The highest BCUT2D eigenvalue weighted by Gasteiger charge is 2.40. The number of carbonyl (C=O) groups excluding carboxylic acids is 2. The maximum absolute atomic E-state index is 13.5. The molecule has 10 heteroatoms. The molecule has 1 aliphatic rings. The molecule has 1 atom stereocenters. The van der Waals surface area contributed by atoms with Gasteiger partial charge >= 0.3 is 5.97 Å². The molecule has 0 fully saturated rings. The van der Waals surface area contributed by atoms with E-state index in [4.69, 9.17) is 21.7 Å². The maximum Gasteiger partial charge on any atom is 0.338 e. The highest BCUT2D eigenvalue weighted by atomic mass is 32.1. The fourth-order valence-corrected chi connectivity index (χ4v) is 3.76. The van der Waals surface area contributed by atoms with Gasteiger partial charge in [0.15, 0.2) is 5.11 Å². The number of methoxy groups -OCH3 is 1. The van der Waals surface area contributed by atoms with E-state index in [1.165, 1.54) is 30.2 Å². The van der Waals surface area contributed by atoms with Gasteiger partial charge in [-0.2, -0.15) is 0 Å². The number of thiocarbonyl (C=S) groups is 1. The second-order valence-electron chi connectivity index (χ2n) is 6.85. The molecule has 3 rings (SSSR count). The zero-order chi connectivity index (χ0) is 23.4. The number of nitro groups is 1. The van der Waals surface area contributed by atoms with Crippen LogP contribution < -0.4 is 10.1 Å². The van der Waals surface area contributed by atoms with Gasteiger partial charge in [-0.3, -0.25) is 19.8 Å². The SMILES string of the molecule is CCOC(=O)C1=C(C)NC(=S)N(C(=O)c2ccc(OC)cc2)C1c1cccc([N+](=O)[O-])c1. The van der Waals surface area contributed by atoms with Crippen molar-refractivity contribution in [3.8, 4) is 5.75 Å². The number of non-ortho nitro benzene ring substituents is 1. The number of rotatable bonds is 6. The molecule has 0 aliphatic carbocycles. The molecule has 1 N–H and O–H groups in total. The molecular weight excluding hydrogens is 434 g/mol. The van der Waals surface area contributed by atoms with E-state index in [2.05, 4.69) is 5.32 Å². The van der Waals surface area contributed by atoms with Crippen molar-refractivity contribution in [1.29, 1.82) is 0 Å². The molecule has 2 aromatic carbocycles. The first-order valence-corrected chi connectivity index (χ1v) is 10.1. The van der Waals surface area contributed by atoms with Gasteiger partial charge in [-0.1, -0.05) is 12.1 Å². The summed E-state index contributed by atoms with van der Waals surface area (Å²) in [7, 11) is 1.51. The van der Waals surface area contributed by atoms with Crippen LogP contribution in [0.4, 0.5) is 5.69 Å². The molecule has 0 spiro atoms. The molecule has 0 radical (unpaired) electrons. The summed E-state index contributed by atoms with van der Waals surface area (Å²) in [6, 6.07) is 11.1. The van der Waals surface area contributed by atoms with Gasteiger partial charge in [0.1, 0.15) is 5.75 Å². The molecule has 0 saturated heterocycles. The molecule has 0 aromatic heterocycles. The summed E-state index contributed by atoms with van der Waals surface area (Å²) in [5, 5.41) is 14.3. The number of ether oxygens (including phenoxy) is 2. The zero-order valence-electron chi connectivity index (χ0n) is 17.7. The number of hydrogen-bond acceptors (Lipinski definition) is 7. The van der Waals surface area contributed by atoms with Crippen LogP contribution in [-0.2, 0) is 9.53 Å². The number of hydrogen-bond donors (Lipinski definition) is 1. The number of nitro benzene ring substituents is 1. The van der Waals surface area contributed by atoms with Gasteiger partial charge in [0.25, 0.3) is 11.6 Å². The lowest BCUT2D eigenvalue weighted by molar-refractivity contribution is -0.384. The van der Waals surface area contributed by atoms with E-state index in [0.717, 1.165) is 0 Å². The number of nitrogens with one attached hydrogen (secondary N) is 1. The molecule has 1 heterocycles. The van der Waals surface area contributed by atoms with Gasteiger partial charge in [0.05, 0.1) is 30.3 Å². The summed E-state index contributed by atoms with van der Waals surface area (Å²) in [5.74, 6) is -0.570. The monoisotopic (exact) mass is 455 g/mol. The lowest BCUT2D eigenvalue weighted by Gasteiger charge is -2.38. The third-order valence-electron chi connectivity index (χ3n) is 4.90. The molecule has 0 saturated carbocycles. The molecular formula is C22H21N3O6S. The van der Waals surface area contributed by atoms with Crippen LogP contribution in [0.2, 0.25) is 0 Å². The normalized spacial score (nSPS) is 15.8. The second kappa shape index (κ2) is 9.56. The Balaban J connectivity index is 2.17. The first kappa shape index (κ1) is 22.9. The fraction of sp³-hybridized carbons (Fsp3) is 0.227. The lowest BCUT2D eigenvalue weighted by atomic mass is 9.93. The van der Waals surface area contributed by atoms with E-state index >= 15 is 0 Å². The third-order valence-corrected chi connectivity index (χ3v) is 5.20. The Labute approximate surface area is 189 Å². The summed E-state index contributed by atoms with van der Waals surface area (Å²) < 4.78 is 10.3. The maximum atomic E-state index is 13.5. The van der Waals surface area contributed by atoms with Crippen molar-refractivity contribution in [3.63, 3.8) is 0 Å². The van der Waals surface area contributed by atoms with E-state index in [0.29, 0.717) is 22.6 Å². The highest BCUT2D eigenvalue weighted by Crippen LogP contribution is 2.36. The van der Waals surface area contributed by atoms with E-state index in [1.54, 1.807) is 44.2 Å². The number of esters is 1. The number of benzene rings is 2. The predicted octanol–water partition coefficient (Wildman–Crippen LogP) is 3.51. The molecule has 0 bridgehead atoms. The van der Waals surface area contributed by atoms with E-state index in [9.17, 15) is 19.7 Å². The van der Waals surface area contributed by atoms with Crippen molar-refractivity contribution in [2.45, 2.75) is 19.9 Å². The van der Waals surface area contributed by atoms with Crippen molar-refractivity contribution in [2.24, 2.45) is 0 Å². The number of allylic oxidation sites excluding steroid dienone is 1. The fourth-order valence-electron chi connectivity index (χ4n) is 3.42. The Morgan fingerprint density at radius 1 is 1.22 bits per heavy atom. The van der Waals surface area contributed by atoms with Crippen LogP contribution in [0, 0.1) is 10.1 Å². The first-order valence-electron chi connectivity index (χ1n) is 9.69. The van der Waals surface area contributed by atoms with Gasteiger partial charge in [-0.25, -0.2) is 4.79 Å². The Kier molecular flexibility index (Phi) is 6.84. The number of nitrogens with zero attached hydrogens (tertiary/aromatic N) is 2. The summed E-state index contributed by atoms with van der Waals surface area (Å²) in [6.07, 6.45) is 0. The van der Waals surface area contributed by atoms with Crippen LogP contribution >= 0.6 is 12.2 Å². The minimum atomic E-state index is -1.02. The van der Waals surface area contributed by atoms with Crippen LogP contribution in [0.5, 0.6) is 5.75 Å². The van der Waals surface area contributed by atoms with Crippen molar-refractivity contribution in [3.05, 3.63) is 81.0 Å². The van der Waals surface area contributed by atoms with Crippen molar-refractivity contribution < 1.29 is 24.0 Å². The molecule has 9 nitrogen and oxygen atoms in total. The topological polar surface area (TPSA) is 111 Å². The molecule has 1 aliphatic heterocycles. The minimum Gasteiger partial charge on any atom is -0.497 e. The second-order valence-corrected chi connectivity index (χ2v) is 7.23. The van der Waals surface area contributed by atoms with Crippen molar-refractivity contribution in [1.82, 2.24) is 10.2 Å². The molecule has 1 amide bonds. The van der Waals surface area contributed by atoms with Crippen LogP contribution in [0.1, 0.15) is 35.8 Å². The van der Waals surface area contributed by atoms with Gasteiger partial charge in [-0.05, 0) is 55.9 Å². The minimum absolute atomic E-state index is 0.0628. The van der Waals surface area contributed by atoms with Gasteiger partial charge in [0, 0.05) is 23.4 Å². The summed E-state index contributed by atoms with van der Waals surface area (Å²) >= 11 is 5.44. The van der Waals surface area contributed by atoms with Crippen molar-refractivity contribution >= 4 is 34.9 Å². The summed E-state index contributed by atoms with van der Waals surface area (Å²) in [4.78, 5) is 38.4. The van der Waals surface area contributed by atoms with Gasteiger partial charge in [0.2, 0.25) is 0 Å². The Morgan fingerprint density at radius 3 is 2.50 bits per heavy atom. The Hall–Kier alpha value is -3.79. The van der Waals surface area contributed by atoms with Crippen LogP contribution in [0.15, 0.2) is 59.8 Å². The predicted molar refractivity (Wildman–Crippen MR) is 120 cm³/mol. The number of carbonyl (C=O) groups is 2. The van der Waals surface area contributed by atoms with E-state index in [-0.39, 0.29) is 23.0 Å². The Morgan fingerprint density at radius 2 is 1.91 bits per heavy atom. The molecule has 1 unspecified atom stereocenters. The Bertz CT molecular complexity index is 1110. The average molecular weight is 455 g/mol.